The third-order valence-corrected chi connectivity index (χ3v) is 12.0. The average Bonchev–Trinajstić information content (AvgIpc) is 3.55. The average molecular weight is 1060 g/mol. The molecule has 0 unspecified atom stereocenters. The van der Waals surface area contributed by atoms with Crippen LogP contribution in [0.25, 0.3) is 44.6 Å². The lowest BCUT2D eigenvalue weighted by Gasteiger charge is -2.12. The van der Waals surface area contributed by atoms with Crippen molar-refractivity contribution in [2.75, 3.05) is 27.8 Å². The van der Waals surface area contributed by atoms with E-state index in [1.165, 1.54) is 12.1 Å². The minimum atomic E-state index is -0.931. The maximum atomic E-state index is 12.8. The van der Waals surface area contributed by atoms with Gasteiger partial charge < -0.3 is 32.9 Å². The number of carbonyl (C=O) groups excluding carboxylic acids is 1. The number of aryl methyl sites for hydroxylation is 4. The highest BCUT2D eigenvalue weighted by molar-refractivity contribution is 6.28. The maximum absolute atomic E-state index is 12.8. The van der Waals surface area contributed by atoms with E-state index >= 15 is 0 Å². The fourth-order valence-electron chi connectivity index (χ4n) is 7.58. The van der Waals surface area contributed by atoms with Crippen LogP contribution >= 0.6 is 11.6 Å². The summed E-state index contributed by atoms with van der Waals surface area (Å²) < 4.78 is 0. The minimum Gasteiger partial charge on any atom is -0.478 e. The molecule has 6 aromatic carbocycles. The van der Waals surface area contributed by atoms with Gasteiger partial charge in [0.25, 0.3) is 5.91 Å². The highest BCUT2D eigenvalue weighted by atomic mass is 35.5. The van der Waals surface area contributed by atoms with Crippen LogP contribution in [0.5, 0.6) is 0 Å². The van der Waals surface area contributed by atoms with Crippen LogP contribution in [-0.4, -0.2) is 51.9 Å². The van der Waals surface area contributed by atoms with E-state index in [1.54, 1.807) is 55.0 Å². The third kappa shape index (κ3) is 15.5. The molecule has 392 valence electrons. The number of carbonyl (C=O) groups is 2. The molecular formula is C62H54ClN13O3. The summed E-state index contributed by atoms with van der Waals surface area (Å²) in [6.45, 7) is 8.00. The van der Waals surface area contributed by atoms with Gasteiger partial charge in [-0.05, 0) is 146 Å². The number of nitriles is 1. The Balaban J connectivity index is 0.000000165. The lowest BCUT2D eigenvalue weighted by molar-refractivity contribution is 0.0696. The van der Waals surface area contributed by atoms with Crippen molar-refractivity contribution in [3.8, 4) is 28.6 Å². The summed E-state index contributed by atoms with van der Waals surface area (Å²) in [5, 5.41) is 25.1. The number of hydrogen-bond donors (Lipinski definition) is 6. The van der Waals surface area contributed by atoms with Gasteiger partial charge in [-0.3, -0.25) is 4.79 Å². The first-order valence-corrected chi connectivity index (χ1v) is 24.8. The smallest absolute Gasteiger partial charge is 0.335 e. The number of nitrogen functional groups attached to an aromatic ring is 3. The molecule has 1 amide bonds. The lowest BCUT2D eigenvalue weighted by Crippen LogP contribution is -2.13. The zero-order valence-electron chi connectivity index (χ0n) is 43.5. The molecule has 0 aliphatic rings. The highest BCUT2D eigenvalue weighted by Gasteiger charge is 2.14. The molecule has 0 bridgehead atoms. The molecule has 17 heteroatoms. The number of nitrogens with zero attached hydrogens (tertiary/aromatic N) is 8. The van der Waals surface area contributed by atoms with Crippen molar-refractivity contribution >= 4 is 80.1 Å². The summed E-state index contributed by atoms with van der Waals surface area (Å²) >= 11 is 5.91. The summed E-state index contributed by atoms with van der Waals surface area (Å²) in [5.41, 5.74) is 29.9. The van der Waals surface area contributed by atoms with Crippen molar-refractivity contribution in [1.29, 1.82) is 5.26 Å². The number of para-hydroxylation sites is 2. The van der Waals surface area contributed by atoms with E-state index in [0.29, 0.717) is 39.9 Å². The number of nitrogens with two attached hydrogens (primary N) is 3. The van der Waals surface area contributed by atoms with Crippen molar-refractivity contribution in [1.82, 2.24) is 34.9 Å². The molecule has 5 heterocycles. The maximum Gasteiger partial charge on any atom is 0.335 e. The number of rotatable bonds is 7. The molecule has 9 N–H and O–H groups in total. The Kier molecular flexibility index (Phi) is 19.3. The highest BCUT2D eigenvalue weighted by Crippen LogP contribution is 2.29. The SMILES string of the molecule is Cc1cccc(C)c1N.Cc1cccc(C)c1NC(=O)c1ccc(Nc2nc(-c3ccccc3)c3cccnc3n2)cc1.Clc1nc(-c2ccccc2)c2cccnc2n1.N#Cc1cccnc1N.Nc1ccc(C(=O)O)cc1. The second-order valence-corrected chi connectivity index (χ2v) is 17.8. The summed E-state index contributed by atoms with van der Waals surface area (Å²) in [6, 6.07) is 58.0. The topological polar surface area (TPSA) is 271 Å². The number of hydrogen-bond acceptors (Lipinski definition) is 14. The molecule has 0 aliphatic heterocycles. The van der Waals surface area contributed by atoms with Crippen LogP contribution in [0.4, 0.5) is 34.5 Å². The summed E-state index contributed by atoms with van der Waals surface area (Å²) in [5.74, 6) is -0.348. The van der Waals surface area contributed by atoms with Gasteiger partial charge in [0, 0.05) is 68.8 Å². The number of anilines is 6. The van der Waals surface area contributed by atoms with Crippen LogP contribution in [0.2, 0.25) is 5.28 Å². The molecule has 11 aromatic rings. The van der Waals surface area contributed by atoms with Crippen molar-refractivity contribution in [3.05, 3.63) is 245 Å². The van der Waals surface area contributed by atoms with Crippen LogP contribution in [-0.2, 0) is 0 Å². The fraction of sp³-hybridized carbons (Fsp3) is 0.0645. The number of nitrogens with one attached hydrogen (secondary N) is 2. The Morgan fingerprint density at radius 1 is 0.532 bits per heavy atom. The summed E-state index contributed by atoms with van der Waals surface area (Å²) in [7, 11) is 0. The van der Waals surface area contributed by atoms with Gasteiger partial charge >= 0.3 is 5.97 Å². The fourth-order valence-corrected chi connectivity index (χ4v) is 7.75. The van der Waals surface area contributed by atoms with E-state index in [1.807, 2.05) is 167 Å². The number of carboxylic acid groups (broad SMARTS) is 1. The quantitative estimate of drug-likeness (QED) is 0.0640. The molecule has 5 aromatic heterocycles. The predicted molar refractivity (Wildman–Crippen MR) is 316 cm³/mol. The van der Waals surface area contributed by atoms with Crippen LogP contribution in [0.15, 0.2) is 201 Å². The van der Waals surface area contributed by atoms with Gasteiger partial charge in [-0.15, -0.1) is 0 Å². The van der Waals surface area contributed by atoms with Crippen molar-refractivity contribution in [3.63, 3.8) is 0 Å². The molecule has 0 aliphatic carbocycles. The number of aromatic nitrogens is 7. The van der Waals surface area contributed by atoms with E-state index in [-0.39, 0.29) is 16.8 Å². The standard InChI is InChI=1S/C28H23N5O.C13H8ClN3.C8H11N.C7H7NO2.C6H5N3/c1-18-8-6-9-19(2)24(18)31-27(34)21-13-15-22(16-14-21)30-28-32-25(20-10-4-3-5-11-20)23-12-7-17-29-26(23)33-28;14-13-16-11(9-5-2-1-3-6-9)10-7-4-8-15-12(10)17-13;1-6-4-3-5-7(2)8(6)9;8-6-3-1-5(2-4-6)7(9)10;7-4-5-2-1-3-9-6(5)8/h3-17H,1-2H3,(H,31,34)(H,29,30,32,33);1-8H;3-5H,9H2,1-2H3;1-4H,8H2,(H,9,10);1-3H,(H2,8,9). The number of pyridine rings is 3. The molecule has 0 radical (unpaired) electrons. The third-order valence-electron chi connectivity index (χ3n) is 11.8. The number of halogens is 1. The molecule has 79 heavy (non-hydrogen) atoms. The van der Waals surface area contributed by atoms with E-state index in [4.69, 9.17) is 44.2 Å². The normalized spacial score (nSPS) is 10.1. The number of aromatic carboxylic acids is 1. The molecule has 0 saturated heterocycles. The second-order valence-electron chi connectivity index (χ2n) is 17.4. The van der Waals surface area contributed by atoms with Crippen LogP contribution in [0.3, 0.4) is 0 Å². The Morgan fingerprint density at radius 3 is 1.53 bits per heavy atom. The van der Waals surface area contributed by atoms with Crippen LogP contribution in [0.1, 0.15) is 48.5 Å². The minimum absolute atomic E-state index is 0.151. The van der Waals surface area contributed by atoms with Gasteiger partial charge in [-0.1, -0.05) is 97.1 Å². The van der Waals surface area contributed by atoms with E-state index < -0.39 is 5.97 Å². The van der Waals surface area contributed by atoms with Crippen LogP contribution in [0, 0.1) is 39.0 Å². The zero-order valence-corrected chi connectivity index (χ0v) is 44.3. The number of amides is 1. The van der Waals surface area contributed by atoms with Gasteiger partial charge in [-0.25, -0.2) is 29.7 Å². The van der Waals surface area contributed by atoms with E-state index in [0.717, 1.165) is 72.6 Å². The van der Waals surface area contributed by atoms with Gasteiger partial charge in [-0.2, -0.15) is 15.2 Å². The van der Waals surface area contributed by atoms with Crippen LogP contribution < -0.4 is 27.8 Å². The predicted octanol–water partition coefficient (Wildman–Crippen LogP) is 13.0. The first-order valence-electron chi connectivity index (χ1n) is 24.5. The Labute approximate surface area is 461 Å². The van der Waals surface area contributed by atoms with Gasteiger partial charge in [0.1, 0.15) is 11.9 Å². The Hall–Kier alpha value is -10.6. The monoisotopic (exact) mass is 1060 g/mol. The molecular weight excluding hydrogens is 1010 g/mol. The van der Waals surface area contributed by atoms with Crippen molar-refractivity contribution < 1.29 is 14.7 Å². The van der Waals surface area contributed by atoms with E-state index in [2.05, 4.69) is 40.5 Å². The van der Waals surface area contributed by atoms with Crippen molar-refractivity contribution in [2.24, 2.45) is 0 Å². The molecule has 11 rings (SSSR count). The molecule has 16 nitrogen and oxygen atoms in total. The summed E-state index contributed by atoms with van der Waals surface area (Å²) in [6.07, 6.45) is 4.97. The first kappa shape index (κ1) is 56.1. The Bertz CT molecular complexity index is 3860. The molecule has 0 fully saturated rings. The van der Waals surface area contributed by atoms with E-state index in [9.17, 15) is 9.59 Å². The molecule has 0 spiro atoms. The van der Waals surface area contributed by atoms with Crippen molar-refractivity contribution in [2.45, 2.75) is 27.7 Å². The largest absolute Gasteiger partial charge is 0.478 e. The summed E-state index contributed by atoms with van der Waals surface area (Å²) in [4.78, 5) is 53.1. The Morgan fingerprint density at radius 2 is 1.03 bits per heavy atom. The second kappa shape index (κ2) is 27.2. The molecule has 0 atom stereocenters. The van der Waals surface area contributed by atoms with Gasteiger partial charge in [0.2, 0.25) is 11.2 Å². The molecule has 0 saturated carbocycles. The first-order chi connectivity index (χ1) is 38.2. The number of fused-ring (bicyclic) bond motifs is 2. The number of benzene rings is 6. The van der Waals surface area contributed by atoms with Gasteiger partial charge in [0.05, 0.1) is 22.5 Å². The van der Waals surface area contributed by atoms with Gasteiger partial charge in [0.15, 0.2) is 11.3 Å². The lowest BCUT2D eigenvalue weighted by atomic mass is 10.1. The number of carboxylic acids is 1. The zero-order chi connectivity index (χ0) is 56.3.